The Kier molecular flexibility index (Phi) is 6.98. The van der Waals surface area contributed by atoms with E-state index in [1.165, 1.54) is 6.07 Å². The Balaban J connectivity index is 1.21. The highest BCUT2D eigenvalue weighted by Crippen LogP contribution is 2.40. The number of aromatic nitrogens is 4. The average Bonchev–Trinajstić information content (AvgIpc) is 3.24. The van der Waals surface area contributed by atoms with Crippen molar-refractivity contribution in [2.45, 2.75) is 50.7 Å². The molecule has 1 aliphatic heterocycles. The Morgan fingerprint density at radius 1 is 1.07 bits per heavy atom. The zero-order chi connectivity index (χ0) is 28.7. The number of likely N-dealkylation sites (tertiary alicyclic amines) is 1. The lowest BCUT2D eigenvalue weighted by molar-refractivity contribution is 0.0473. The number of pyridine rings is 2. The molecule has 0 spiro atoms. The highest BCUT2D eigenvalue weighted by Gasteiger charge is 2.37. The molecule has 4 aromatic rings. The summed E-state index contributed by atoms with van der Waals surface area (Å²) < 4.78 is 36.9. The number of aromatic amines is 1. The number of carbonyl (C=O) groups excluding carboxylic acids is 1. The molecule has 12 heteroatoms. The van der Waals surface area contributed by atoms with Crippen LogP contribution in [0.1, 0.15) is 66.1 Å². The van der Waals surface area contributed by atoms with Crippen molar-refractivity contribution in [1.82, 2.24) is 24.4 Å². The zero-order valence-electron chi connectivity index (χ0n) is 22.3. The second kappa shape index (κ2) is 10.8. The zero-order valence-corrected chi connectivity index (χ0v) is 22.3. The van der Waals surface area contributed by atoms with Gasteiger partial charge in [-0.3, -0.25) is 14.5 Å². The van der Waals surface area contributed by atoms with Crippen LogP contribution in [0.4, 0.5) is 13.6 Å². The fourth-order valence-electron chi connectivity index (χ4n) is 6.10. The number of imidazole rings is 1. The number of nitrogens with one attached hydrogen (secondary N) is 1. The van der Waals surface area contributed by atoms with Gasteiger partial charge >= 0.3 is 11.8 Å². The van der Waals surface area contributed by atoms with E-state index in [1.807, 2.05) is 6.07 Å². The number of ether oxygens (including phenoxy) is 1. The summed E-state index contributed by atoms with van der Waals surface area (Å²) in [6.45, 7) is 2.43. The monoisotopic (exact) mass is 562 g/mol. The summed E-state index contributed by atoms with van der Waals surface area (Å²) in [6.07, 6.45) is 3.43. The van der Waals surface area contributed by atoms with E-state index in [1.54, 1.807) is 47.0 Å². The van der Waals surface area contributed by atoms with E-state index >= 15 is 4.39 Å². The minimum Gasteiger partial charge on any atom is -0.440 e. The Bertz CT molecular complexity index is 1710. The van der Waals surface area contributed by atoms with E-state index < -0.39 is 29.7 Å². The fourth-order valence-corrected chi connectivity index (χ4v) is 6.10. The molecule has 0 radical (unpaired) electrons. The van der Waals surface area contributed by atoms with Gasteiger partial charge in [0.1, 0.15) is 6.10 Å². The molecule has 212 valence electrons. The number of carbonyl (C=O) groups is 1. The molecule has 0 saturated carbocycles. The van der Waals surface area contributed by atoms with Gasteiger partial charge in [0, 0.05) is 48.6 Å². The molecule has 0 bridgehead atoms. The highest BCUT2D eigenvalue weighted by atomic mass is 19.2. The van der Waals surface area contributed by atoms with Crippen LogP contribution in [-0.2, 0) is 4.74 Å². The van der Waals surface area contributed by atoms with Crippen molar-refractivity contribution in [3.63, 3.8) is 0 Å². The predicted octanol–water partition coefficient (Wildman–Crippen LogP) is 4.98. The fraction of sp³-hybridized carbons (Fsp3) is 0.345. The third-order valence-electron chi connectivity index (χ3n) is 8.09. The van der Waals surface area contributed by atoms with Gasteiger partial charge in [0.15, 0.2) is 17.3 Å². The Morgan fingerprint density at radius 2 is 1.83 bits per heavy atom. The number of hydrogen-bond acceptors (Lipinski definition) is 7. The number of halogens is 2. The molecule has 10 nitrogen and oxygen atoms in total. The molecule has 2 atom stereocenters. The van der Waals surface area contributed by atoms with Gasteiger partial charge in [0.2, 0.25) is 0 Å². The number of amides is 1. The van der Waals surface area contributed by atoms with Crippen molar-refractivity contribution in [1.29, 1.82) is 0 Å². The maximum absolute atomic E-state index is 15.0. The van der Waals surface area contributed by atoms with Crippen LogP contribution in [0.2, 0.25) is 0 Å². The van der Waals surface area contributed by atoms with Crippen LogP contribution in [0.25, 0.3) is 11.2 Å². The third-order valence-corrected chi connectivity index (χ3v) is 8.09. The summed E-state index contributed by atoms with van der Waals surface area (Å²) in [6, 6.07) is 9.38. The first kappa shape index (κ1) is 26.6. The number of fused-ring (bicyclic) bond motifs is 2. The maximum atomic E-state index is 15.0. The second-order valence-corrected chi connectivity index (χ2v) is 10.4. The minimum absolute atomic E-state index is 0.0988. The number of hydrogen-bond donors (Lipinski definition) is 2. The molecule has 4 heterocycles. The molecule has 1 saturated heterocycles. The van der Waals surface area contributed by atoms with Crippen LogP contribution < -0.4 is 5.69 Å². The molecule has 41 heavy (non-hydrogen) atoms. The topological polar surface area (TPSA) is 126 Å². The van der Waals surface area contributed by atoms with Crippen LogP contribution >= 0.6 is 0 Å². The number of benzene rings is 1. The smallest absolute Gasteiger partial charge is 0.410 e. The molecular formula is C29H28F2N6O4. The van der Waals surface area contributed by atoms with Crippen molar-refractivity contribution in [3.05, 3.63) is 93.3 Å². The summed E-state index contributed by atoms with van der Waals surface area (Å²) in [5.74, 6) is -2.76. The van der Waals surface area contributed by atoms with Crippen molar-refractivity contribution in [2.75, 3.05) is 13.1 Å². The second-order valence-electron chi connectivity index (χ2n) is 10.4. The van der Waals surface area contributed by atoms with E-state index in [-0.39, 0.29) is 35.8 Å². The van der Waals surface area contributed by atoms with Crippen molar-refractivity contribution < 1.29 is 23.5 Å². The van der Waals surface area contributed by atoms with Gasteiger partial charge < -0.3 is 14.8 Å². The molecule has 3 aromatic heterocycles. The molecule has 2 aliphatic rings. The molecule has 6 rings (SSSR count). The first-order chi connectivity index (χ1) is 19.9. The predicted molar refractivity (Wildman–Crippen MR) is 145 cm³/mol. The summed E-state index contributed by atoms with van der Waals surface area (Å²) in [4.78, 5) is 38.9. The van der Waals surface area contributed by atoms with Gasteiger partial charge in [-0.1, -0.05) is 11.2 Å². The molecule has 1 amide bonds. The van der Waals surface area contributed by atoms with Gasteiger partial charge in [-0.2, -0.15) is 0 Å². The lowest BCUT2D eigenvalue weighted by Gasteiger charge is -2.32. The standard InChI is InChI=1S/C29H28F2N6O4/c1-16-6-8-20(30)24(31)23(16)18-7-9-22(26-19(25(18)35-40)4-2-12-32-26)41-29(39)36-14-10-17(11-15-36)37-21-5-3-13-33-27(21)34-28(37)38/h2-6,8,12-13,17-18,22,40H,7,9-11,14-15H2,1H3,(H,33,34,38)/b35-25+/t18-,22+/m0/s1. The minimum atomic E-state index is -0.995. The van der Waals surface area contributed by atoms with Crippen LogP contribution in [0.3, 0.4) is 0 Å². The van der Waals surface area contributed by atoms with Gasteiger partial charge in [0.25, 0.3) is 0 Å². The summed E-state index contributed by atoms with van der Waals surface area (Å²) in [7, 11) is 0. The van der Waals surface area contributed by atoms with Crippen LogP contribution in [0.5, 0.6) is 0 Å². The van der Waals surface area contributed by atoms with Gasteiger partial charge in [-0.15, -0.1) is 0 Å². The molecule has 0 unspecified atom stereocenters. The number of H-pyrrole nitrogens is 1. The average molecular weight is 563 g/mol. The molecule has 2 N–H and O–H groups in total. The van der Waals surface area contributed by atoms with Crippen molar-refractivity contribution >= 4 is 23.0 Å². The Morgan fingerprint density at radius 3 is 2.61 bits per heavy atom. The van der Waals surface area contributed by atoms with Gasteiger partial charge in [0.05, 0.1) is 16.9 Å². The van der Waals surface area contributed by atoms with E-state index in [9.17, 15) is 19.2 Å². The van der Waals surface area contributed by atoms with E-state index in [0.717, 1.165) is 11.6 Å². The van der Waals surface area contributed by atoms with E-state index in [0.29, 0.717) is 48.4 Å². The van der Waals surface area contributed by atoms with E-state index in [2.05, 4.69) is 20.1 Å². The molecule has 1 aliphatic carbocycles. The summed E-state index contributed by atoms with van der Waals surface area (Å²) in [5, 5.41) is 13.5. The van der Waals surface area contributed by atoms with Crippen molar-refractivity contribution in [2.24, 2.45) is 5.16 Å². The van der Waals surface area contributed by atoms with Gasteiger partial charge in [-0.25, -0.2) is 23.4 Å². The summed E-state index contributed by atoms with van der Waals surface area (Å²) >= 11 is 0. The van der Waals surface area contributed by atoms with Gasteiger partial charge in [-0.05, 0) is 68.5 Å². The normalized spacial score (nSPS) is 20.7. The van der Waals surface area contributed by atoms with Crippen LogP contribution in [-0.4, -0.2) is 54.5 Å². The third kappa shape index (κ3) is 4.72. The van der Waals surface area contributed by atoms with Crippen molar-refractivity contribution in [3.8, 4) is 0 Å². The van der Waals surface area contributed by atoms with E-state index in [4.69, 9.17) is 4.74 Å². The Hall–Kier alpha value is -4.61. The first-order valence-electron chi connectivity index (χ1n) is 13.5. The maximum Gasteiger partial charge on any atom is 0.410 e. The van der Waals surface area contributed by atoms with Crippen LogP contribution in [0.15, 0.2) is 58.7 Å². The largest absolute Gasteiger partial charge is 0.440 e. The van der Waals surface area contributed by atoms with Crippen LogP contribution in [0, 0.1) is 18.6 Å². The number of rotatable bonds is 3. The lowest BCUT2D eigenvalue weighted by atomic mass is 9.85. The quantitative estimate of drug-likeness (QED) is 0.206. The highest BCUT2D eigenvalue weighted by molar-refractivity contribution is 6.06. The SMILES string of the molecule is Cc1ccc(F)c(F)c1[C@@H]1CC[C@@H](OC(=O)N2CCC(n3c(=O)[nH]c4ncccc43)CC2)c2ncccc2/C1=N/O. The molecule has 1 aromatic carbocycles. The number of oxime groups is 1. The lowest BCUT2D eigenvalue weighted by Crippen LogP contribution is -2.41. The number of aryl methyl sites for hydroxylation is 1. The Labute approximate surface area is 233 Å². The summed E-state index contributed by atoms with van der Waals surface area (Å²) in [5.41, 5.74) is 2.56. The molecule has 1 fully saturated rings. The first-order valence-corrected chi connectivity index (χ1v) is 13.5. The molecular weight excluding hydrogens is 534 g/mol. The number of piperidine rings is 1. The number of nitrogens with zero attached hydrogens (tertiary/aromatic N) is 5.